The molecular weight excluding hydrogens is 256 g/mol. The second kappa shape index (κ2) is 5.99. The topological polar surface area (TPSA) is 60.4 Å². The Labute approximate surface area is 118 Å². The molecule has 1 aromatic carbocycles. The van der Waals surface area contributed by atoms with Crippen LogP contribution >= 0.6 is 0 Å². The zero-order valence-corrected chi connectivity index (χ0v) is 11.8. The predicted octanol–water partition coefficient (Wildman–Crippen LogP) is 2.73. The summed E-state index contributed by atoms with van der Waals surface area (Å²) in [4.78, 5) is 36.1. The van der Waals surface area contributed by atoms with Gasteiger partial charge in [0.15, 0.2) is 0 Å². The molecule has 0 aromatic heterocycles. The predicted molar refractivity (Wildman–Crippen MR) is 73.9 cm³/mol. The number of rotatable bonds is 5. The largest absolute Gasteiger partial charge is 0.445 e. The lowest BCUT2D eigenvalue weighted by Gasteiger charge is -2.08. The van der Waals surface area contributed by atoms with Crippen LogP contribution in [0, 0.1) is 0 Å². The number of carbonyl (C=O) groups is 3. The lowest BCUT2D eigenvalue weighted by atomic mass is 9.99. The summed E-state index contributed by atoms with van der Waals surface area (Å²) in [5, 5.41) is 0. The summed E-state index contributed by atoms with van der Waals surface area (Å²) >= 11 is 0. The lowest BCUT2D eigenvalue weighted by Crippen LogP contribution is -2.28. The first kappa shape index (κ1) is 14.4. The smallest absolute Gasteiger partial charge is 0.306 e. The van der Waals surface area contributed by atoms with Gasteiger partial charge in [-0.05, 0) is 18.4 Å². The minimum absolute atomic E-state index is 0.217. The van der Waals surface area contributed by atoms with Gasteiger partial charge < -0.3 is 4.74 Å². The van der Waals surface area contributed by atoms with Gasteiger partial charge in [-0.15, -0.1) is 0 Å². The van der Waals surface area contributed by atoms with E-state index in [1.807, 2.05) is 19.9 Å². The Kier molecular flexibility index (Phi) is 4.32. The van der Waals surface area contributed by atoms with E-state index in [9.17, 15) is 14.4 Å². The van der Waals surface area contributed by atoms with E-state index in [-0.39, 0.29) is 12.2 Å². The highest BCUT2D eigenvalue weighted by Crippen LogP contribution is 2.28. The highest BCUT2D eigenvalue weighted by atomic mass is 16.5. The molecule has 0 amide bonds. The minimum Gasteiger partial charge on any atom is -0.445 e. The first-order valence-corrected chi connectivity index (χ1v) is 6.99. The maximum atomic E-state index is 12.3. The van der Waals surface area contributed by atoms with Crippen molar-refractivity contribution >= 4 is 17.5 Å². The SMILES string of the molecule is CCCC(=O)OC1C(=O)c2cccc(CCC)c2C1=O. The molecule has 1 aromatic rings. The maximum Gasteiger partial charge on any atom is 0.306 e. The van der Waals surface area contributed by atoms with E-state index in [1.165, 1.54) is 0 Å². The average Bonchev–Trinajstić information content (AvgIpc) is 2.66. The van der Waals surface area contributed by atoms with Gasteiger partial charge in [0.25, 0.3) is 0 Å². The van der Waals surface area contributed by atoms with E-state index >= 15 is 0 Å². The van der Waals surface area contributed by atoms with Crippen molar-refractivity contribution < 1.29 is 19.1 Å². The summed E-state index contributed by atoms with van der Waals surface area (Å²) < 4.78 is 5.05. The first-order chi connectivity index (χ1) is 9.60. The molecule has 0 heterocycles. The highest BCUT2D eigenvalue weighted by Gasteiger charge is 2.42. The summed E-state index contributed by atoms with van der Waals surface area (Å²) in [7, 11) is 0. The molecule has 0 fully saturated rings. The fraction of sp³-hybridized carbons (Fsp3) is 0.438. The Balaban J connectivity index is 2.30. The Morgan fingerprint density at radius 2 is 1.90 bits per heavy atom. The molecule has 4 heteroatoms. The second-order valence-corrected chi connectivity index (χ2v) is 4.94. The van der Waals surface area contributed by atoms with Crippen molar-refractivity contribution in [2.75, 3.05) is 0 Å². The maximum absolute atomic E-state index is 12.3. The van der Waals surface area contributed by atoms with Crippen LogP contribution in [0.15, 0.2) is 18.2 Å². The van der Waals surface area contributed by atoms with E-state index in [4.69, 9.17) is 4.74 Å². The lowest BCUT2D eigenvalue weighted by molar-refractivity contribution is -0.145. The molecule has 4 nitrogen and oxygen atoms in total. The highest BCUT2D eigenvalue weighted by molar-refractivity contribution is 6.29. The number of carbonyl (C=O) groups excluding carboxylic acids is 3. The molecule has 0 N–H and O–H groups in total. The number of esters is 1. The summed E-state index contributed by atoms with van der Waals surface area (Å²) in [6, 6.07) is 5.25. The molecule has 20 heavy (non-hydrogen) atoms. The molecule has 0 bridgehead atoms. The van der Waals surface area contributed by atoms with E-state index in [0.29, 0.717) is 17.5 Å². The minimum atomic E-state index is -1.28. The van der Waals surface area contributed by atoms with Crippen LogP contribution in [0.25, 0.3) is 0 Å². The Morgan fingerprint density at radius 1 is 1.15 bits per heavy atom. The summed E-state index contributed by atoms with van der Waals surface area (Å²) in [6.45, 7) is 3.85. The molecule has 106 valence electrons. The van der Waals surface area contributed by atoms with Crippen LogP contribution in [0.1, 0.15) is 59.4 Å². The van der Waals surface area contributed by atoms with Gasteiger partial charge in [-0.2, -0.15) is 0 Å². The second-order valence-electron chi connectivity index (χ2n) is 4.94. The van der Waals surface area contributed by atoms with E-state index < -0.39 is 17.9 Å². The Morgan fingerprint density at radius 3 is 2.55 bits per heavy atom. The number of aryl methyl sites for hydroxylation is 1. The zero-order valence-electron chi connectivity index (χ0n) is 11.8. The molecule has 1 unspecified atom stereocenters. The standard InChI is InChI=1S/C16H18O4/c1-3-6-10-8-5-9-11-13(10)15(19)16(14(11)18)20-12(17)7-4-2/h5,8-9,16H,3-4,6-7H2,1-2H3. The Hall–Kier alpha value is -1.97. The van der Waals surface area contributed by atoms with E-state index in [1.54, 1.807) is 12.1 Å². The van der Waals surface area contributed by atoms with Crippen molar-refractivity contribution in [1.29, 1.82) is 0 Å². The fourth-order valence-electron chi connectivity index (χ4n) is 2.47. The molecule has 0 spiro atoms. The van der Waals surface area contributed by atoms with Crippen LogP contribution in [-0.2, 0) is 16.0 Å². The molecule has 1 aliphatic rings. The van der Waals surface area contributed by atoms with Crippen molar-refractivity contribution in [3.63, 3.8) is 0 Å². The normalized spacial score (nSPS) is 17.2. The van der Waals surface area contributed by atoms with Gasteiger partial charge in [0.05, 0.1) is 0 Å². The van der Waals surface area contributed by atoms with E-state index in [0.717, 1.165) is 18.4 Å². The van der Waals surface area contributed by atoms with Crippen LogP contribution in [0.2, 0.25) is 0 Å². The van der Waals surface area contributed by atoms with Crippen LogP contribution < -0.4 is 0 Å². The number of ketones is 2. The molecule has 0 aliphatic heterocycles. The monoisotopic (exact) mass is 274 g/mol. The van der Waals surface area contributed by atoms with Crippen molar-refractivity contribution in [3.8, 4) is 0 Å². The Bertz CT molecular complexity index is 560. The number of hydrogen-bond acceptors (Lipinski definition) is 4. The molecule has 0 saturated carbocycles. The van der Waals surface area contributed by atoms with Gasteiger partial charge in [-0.3, -0.25) is 14.4 Å². The third-order valence-electron chi connectivity index (χ3n) is 3.36. The van der Waals surface area contributed by atoms with Gasteiger partial charge in [0, 0.05) is 17.5 Å². The van der Waals surface area contributed by atoms with Gasteiger partial charge in [0.1, 0.15) is 0 Å². The van der Waals surface area contributed by atoms with Gasteiger partial charge in [-0.25, -0.2) is 0 Å². The zero-order chi connectivity index (χ0) is 14.7. The van der Waals surface area contributed by atoms with E-state index in [2.05, 4.69) is 0 Å². The van der Waals surface area contributed by atoms with Crippen LogP contribution in [-0.4, -0.2) is 23.6 Å². The van der Waals surface area contributed by atoms with Gasteiger partial charge >= 0.3 is 5.97 Å². The number of Topliss-reactive ketones (excluding diaryl/α,β-unsaturated/α-hetero) is 2. The average molecular weight is 274 g/mol. The summed E-state index contributed by atoms with van der Waals surface area (Å²) in [5.41, 5.74) is 1.68. The fourth-order valence-corrected chi connectivity index (χ4v) is 2.47. The molecular formula is C16H18O4. The van der Waals surface area contributed by atoms with Crippen molar-refractivity contribution in [1.82, 2.24) is 0 Å². The van der Waals surface area contributed by atoms with Crippen LogP contribution in [0.5, 0.6) is 0 Å². The van der Waals surface area contributed by atoms with Crippen LogP contribution in [0.3, 0.4) is 0 Å². The molecule has 1 atom stereocenters. The first-order valence-electron chi connectivity index (χ1n) is 6.99. The third kappa shape index (κ3) is 2.50. The van der Waals surface area contributed by atoms with Crippen molar-refractivity contribution in [2.45, 2.75) is 45.6 Å². The molecule has 1 aliphatic carbocycles. The summed E-state index contributed by atoms with van der Waals surface area (Å²) in [5.74, 6) is -1.27. The van der Waals surface area contributed by atoms with Crippen molar-refractivity contribution in [3.05, 3.63) is 34.9 Å². The number of fused-ring (bicyclic) bond motifs is 1. The molecule has 0 radical (unpaired) electrons. The molecule has 0 saturated heterocycles. The number of ether oxygens (including phenoxy) is 1. The molecule has 2 rings (SSSR count). The number of benzene rings is 1. The summed E-state index contributed by atoms with van der Waals surface area (Å²) in [6.07, 6.45) is 1.19. The quantitative estimate of drug-likeness (QED) is 0.612. The third-order valence-corrected chi connectivity index (χ3v) is 3.36. The van der Waals surface area contributed by atoms with Crippen LogP contribution in [0.4, 0.5) is 0 Å². The van der Waals surface area contributed by atoms with Gasteiger partial charge in [-0.1, -0.05) is 38.5 Å². The number of hydrogen-bond donors (Lipinski definition) is 0. The van der Waals surface area contributed by atoms with Crippen molar-refractivity contribution in [2.24, 2.45) is 0 Å². The van der Waals surface area contributed by atoms with Gasteiger partial charge in [0.2, 0.25) is 17.7 Å².